The number of nitro groups is 1. The van der Waals surface area contributed by atoms with Gasteiger partial charge in [0.1, 0.15) is 17.6 Å². The van der Waals surface area contributed by atoms with E-state index in [0.29, 0.717) is 40.9 Å². The zero-order valence-corrected chi connectivity index (χ0v) is 15.5. The predicted octanol–water partition coefficient (Wildman–Crippen LogP) is 3.21. The number of aliphatic hydroxyl groups excluding tert-OH is 1. The first-order valence-corrected chi connectivity index (χ1v) is 8.73. The number of ether oxygens (including phenoxy) is 2. The molecular formula is C20H19N3O5. The van der Waals surface area contributed by atoms with Crippen LogP contribution < -0.4 is 14.4 Å². The molecule has 28 heavy (non-hydrogen) atoms. The average Bonchev–Trinajstić information content (AvgIpc) is 2.71. The van der Waals surface area contributed by atoms with E-state index in [1.165, 1.54) is 12.3 Å². The maximum atomic E-state index is 11.4. The summed E-state index contributed by atoms with van der Waals surface area (Å²) in [6, 6.07) is 8.53. The SMILES string of the molecule is COc1ccc(OC)c2c1CN(c1ccc([N+](=O)[O-])c3cnccc13)CC2O. The molecule has 144 valence electrons. The van der Waals surface area contributed by atoms with Crippen LogP contribution in [0.25, 0.3) is 10.8 Å². The van der Waals surface area contributed by atoms with Crippen molar-refractivity contribution in [1.29, 1.82) is 0 Å². The van der Waals surface area contributed by atoms with E-state index in [-0.39, 0.29) is 5.69 Å². The van der Waals surface area contributed by atoms with E-state index in [2.05, 4.69) is 4.98 Å². The highest BCUT2D eigenvalue weighted by Crippen LogP contribution is 2.42. The molecule has 4 rings (SSSR count). The van der Waals surface area contributed by atoms with Crippen molar-refractivity contribution in [2.75, 3.05) is 25.7 Å². The third kappa shape index (κ3) is 2.78. The Kier molecular flexibility index (Phi) is 4.48. The highest BCUT2D eigenvalue weighted by molar-refractivity contribution is 5.99. The van der Waals surface area contributed by atoms with E-state index in [1.54, 1.807) is 38.6 Å². The van der Waals surface area contributed by atoms with Crippen molar-refractivity contribution in [3.05, 3.63) is 64.0 Å². The van der Waals surface area contributed by atoms with E-state index in [1.807, 2.05) is 11.0 Å². The quantitative estimate of drug-likeness (QED) is 0.547. The first-order valence-electron chi connectivity index (χ1n) is 8.73. The van der Waals surface area contributed by atoms with Crippen LogP contribution >= 0.6 is 0 Å². The van der Waals surface area contributed by atoms with Gasteiger partial charge in [-0.15, -0.1) is 0 Å². The van der Waals surface area contributed by atoms with Gasteiger partial charge < -0.3 is 19.5 Å². The number of benzene rings is 2. The van der Waals surface area contributed by atoms with Gasteiger partial charge in [0.25, 0.3) is 5.69 Å². The molecule has 1 aliphatic rings. The van der Waals surface area contributed by atoms with E-state index in [0.717, 1.165) is 11.3 Å². The van der Waals surface area contributed by atoms with Crippen LogP contribution in [0.1, 0.15) is 17.2 Å². The van der Waals surface area contributed by atoms with Crippen molar-refractivity contribution in [3.63, 3.8) is 0 Å². The number of aliphatic hydroxyl groups is 1. The van der Waals surface area contributed by atoms with Crippen LogP contribution in [-0.2, 0) is 6.54 Å². The maximum Gasteiger partial charge on any atom is 0.278 e. The summed E-state index contributed by atoms with van der Waals surface area (Å²) in [4.78, 5) is 17.0. The minimum atomic E-state index is -0.791. The number of aromatic nitrogens is 1. The van der Waals surface area contributed by atoms with Crippen molar-refractivity contribution >= 4 is 22.1 Å². The van der Waals surface area contributed by atoms with Crippen molar-refractivity contribution in [2.24, 2.45) is 0 Å². The van der Waals surface area contributed by atoms with Crippen LogP contribution in [0.15, 0.2) is 42.7 Å². The number of fused-ring (bicyclic) bond motifs is 2. The molecule has 3 aromatic rings. The molecule has 0 radical (unpaired) electrons. The van der Waals surface area contributed by atoms with Crippen molar-refractivity contribution < 1.29 is 19.5 Å². The Bertz CT molecular complexity index is 1070. The van der Waals surface area contributed by atoms with Crippen LogP contribution in [0.4, 0.5) is 11.4 Å². The number of rotatable bonds is 4. The fraction of sp³-hybridized carbons (Fsp3) is 0.250. The highest BCUT2D eigenvalue weighted by Gasteiger charge is 2.31. The first-order chi connectivity index (χ1) is 13.5. The second-order valence-corrected chi connectivity index (χ2v) is 6.54. The summed E-state index contributed by atoms with van der Waals surface area (Å²) in [7, 11) is 3.15. The van der Waals surface area contributed by atoms with Crippen LogP contribution in [0, 0.1) is 10.1 Å². The van der Waals surface area contributed by atoms with Crippen molar-refractivity contribution in [3.8, 4) is 11.5 Å². The predicted molar refractivity (Wildman–Crippen MR) is 104 cm³/mol. The molecule has 0 amide bonds. The number of anilines is 1. The van der Waals surface area contributed by atoms with Gasteiger partial charge in [-0.25, -0.2) is 0 Å². The van der Waals surface area contributed by atoms with E-state index in [9.17, 15) is 15.2 Å². The molecule has 0 bridgehead atoms. The number of hydrogen-bond acceptors (Lipinski definition) is 7. The van der Waals surface area contributed by atoms with Crippen molar-refractivity contribution in [2.45, 2.75) is 12.6 Å². The lowest BCUT2D eigenvalue weighted by atomic mass is 9.94. The summed E-state index contributed by atoms with van der Waals surface area (Å²) >= 11 is 0. The van der Waals surface area contributed by atoms with Crippen molar-refractivity contribution in [1.82, 2.24) is 4.98 Å². The van der Waals surface area contributed by atoms with Gasteiger partial charge in [-0.1, -0.05) is 0 Å². The summed E-state index contributed by atoms with van der Waals surface area (Å²) in [5, 5.41) is 23.4. The largest absolute Gasteiger partial charge is 0.496 e. The summed E-state index contributed by atoms with van der Waals surface area (Å²) in [5.74, 6) is 1.27. The molecule has 8 nitrogen and oxygen atoms in total. The Hall–Kier alpha value is -3.39. The van der Waals surface area contributed by atoms with Crippen LogP contribution in [0.5, 0.6) is 11.5 Å². The fourth-order valence-corrected chi connectivity index (χ4v) is 3.85. The zero-order valence-electron chi connectivity index (χ0n) is 15.5. The minimum absolute atomic E-state index is 0.00376. The molecule has 0 aliphatic carbocycles. The van der Waals surface area contributed by atoms with Gasteiger partial charge in [-0.2, -0.15) is 0 Å². The lowest BCUT2D eigenvalue weighted by molar-refractivity contribution is -0.383. The molecular weight excluding hydrogens is 362 g/mol. The number of pyridine rings is 1. The summed E-state index contributed by atoms with van der Waals surface area (Å²) < 4.78 is 10.9. The van der Waals surface area contributed by atoms with Crippen LogP contribution in [-0.4, -0.2) is 35.8 Å². The minimum Gasteiger partial charge on any atom is -0.496 e. The third-order valence-corrected chi connectivity index (χ3v) is 5.10. The molecule has 8 heteroatoms. The first kappa shape index (κ1) is 18.0. The molecule has 1 unspecified atom stereocenters. The molecule has 1 atom stereocenters. The normalized spacial score (nSPS) is 16.0. The topological polar surface area (TPSA) is 98.0 Å². The molecule has 1 aromatic heterocycles. The van der Waals surface area contributed by atoms with Gasteiger partial charge in [0.15, 0.2) is 0 Å². The van der Waals surface area contributed by atoms with Gasteiger partial charge in [0.05, 0.1) is 24.5 Å². The van der Waals surface area contributed by atoms with Gasteiger partial charge in [-0.05, 0) is 24.3 Å². The lowest BCUT2D eigenvalue weighted by Crippen LogP contribution is -2.34. The Morgan fingerprint density at radius 3 is 2.61 bits per heavy atom. The molecule has 0 fully saturated rings. The third-order valence-electron chi connectivity index (χ3n) is 5.10. The molecule has 0 spiro atoms. The summed E-state index contributed by atoms with van der Waals surface area (Å²) in [6.07, 6.45) is 2.31. The molecule has 0 saturated heterocycles. The van der Waals surface area contributed by atoms with E-state index in [4.69, 9.17) is 9.47 Å². The van der Waals surface area contributed by atoms with Crippen LogP contribution in [0.2, 0.25) is 0 Å². The second kappa shape index (κ2) is 6.97. The maximum absolute atomic E-state index is 11.4. The Morgan fingerprint density at radius 2 is 1.89 bits per heavy atom. The lowest BCUT2D eigenvalue weighted by Gasteiger charge is -2.36. The number of nitro benzene ring substituents is 1. The second-order valence-electron chi connectivity index (χ2n) is 6.54. The molecule has 2 aromatic carbocycles. The Labute approximate surface area is 161 Å². The van der Waals surface area contributed by atoms with Gasteiger partial charge in [-0.3, -0.25) is 15.1 Å². The smallest absolute Gasteiger partial charge is 0.278 e. The number of non-ortho nitro benzene ring substituents is 1. The number of hydrogen-bond donors (Lipinski definition) is 1. The average molecular weight is 381 g/mol. The van der Waals surface area contributed by atoms with E-state index >= 15 is 0 Å². The van der Waals surface area contributed by atoms with Gasteiger partial charge in [0, 0.05) is 53.8 Å². The fourth-order valence-electron chi connectivity index (χ4n) is 3.85. The van der Waals surface area contributed by atoms with Gasteiger partial charge in [0.2, 0.25) is 0 Å². The monoisotopic (exact) mass is 381 g/mol. The summed E-state index contributed by atoms with van der Waals surface area (Å²) in [5.41, 5.74) is 2.34. The zero-order chi connectivity index (χ0) is 19.8. The summed E-state index contributed by atoms with van der Waals surface area (Å²) in [6.45, 7) is 0.799. The number of β-amino-alcohol motifs (C(OH)–C–C–N with tert-alkyl or cyclic N) is 1. The standard InChI is InChI=1S/C20H19N3O5/c1-27-18-5-6-19(28-2)20-14(18)10-22(11-17(20)24)15-3-4-16(23(25)26)13-9-21-8-7-12(13)15/h3-9,17,24H,10-11H2,1-2H3. The highest BCUT2D eigenvalue weighted by atomic mass is 16.6. The molecule has 2 heterocycles. The van der Waals surface area contributed by atoms with E-state index < -0.39 is 11.0 Å². The molecule has 1 N–H and O–H groups in total. The van der Waals surface area contributed by atoms with Crippen LogP contribution in [0.3, 0.4) is 0 Å². The number of nitrogens with zero attached hydrogens (tertiary/aromatic N) is 3. The van der Waals surface area contributed by atoms with Gasteiger partial charge >= 0.3 is 0 Å². The Morgan fingerprint density at radius 1 is 1.14 bits per heavy atom. The Balaban J connectivity index is 1.85. The number of methoxy groups -OCH3 is 2. The molecule has 0 saturated carbocycles. The molecule has 1 aliphatic heterocycles.